The molecule has 0 aliphatic rings. The highest BCUT2D eigenvalue weighted by Crippen LogP contribution is 2.33. The second kappa shape index (κ2) is 7.63. The third-order valence-corrected chi connectivity index (χ3v) is 6.44. The lowest BCUT2D eigenvalue weighted by molar-refractivity contribution is 0.386. The van der Waals surface area contributed by atoms with Crippen LogP contribution in [-0.4, -0.2) is 14.2 Å². The van der Waals surface area contributed by atoms with E-state index in [-0.39, 0.29) is 6.04 Å². The zero-order valence-electron chi connectivity index (χ0n) is 12.1. The van der Waals surface area contributed by atoms with Crippen LogP contribution < -0.4 is 14.8 Å². The van der Waals surface area contributed by atoms with Gasteiger partial charge in [0.05, 0.1) is 18.0 Å². The highest BCUT2D eigenvalue weighted by Gasteiger charge is 2.13. The first kappa shape index (κ1) is 16.8. The topological polar surface area (TPSA) is 30.5 Å². The van der Waals surface area contributed by atoms with Gasteiger partial charge in [-0.05, 0) is 50.9 Å². The minimum absolute atomic E-state index is 0.186. The number of hydrogen-bond acceptors (Lipinski definition) is 4. The molecule has 2 rings (SSSR count). The Bertz CT molecular complexity index is 596. The molecule has 1 aromatic heterocycles. The first-order chi connectivity index (χ1) is 10.0. The van der Waals surface area contributed by atoms with E-state index in [9.17, 15) is 0 Å². The molecule has 2 aromatic rings. The van der Waals surface area contributed by atoms with Gasteiger partial charge in [0.25, 0.3) is 0 Å². The predicted molar refractivity (Wildman–Crippen MR) is 94.5 cm³/mol. The lowest BCUT2D eigenvalue weighted by atomic mass is 10.1. The number of benzene rings is 1. The molecule has 1 atom stereocenters. The molecule has 3 nitrogen and oxygen atoms in total. The molecule has 1 aromatic carbocycles. The quantitative estimate of drug-likeness (QED) is 0.682. The molecular weight excluding hydrogens is 418 g/mol. The van der Waals surface area contributed by atoms with Gasteiger partial charge < -0.3 is 14.8 Å². The van der Waals surface area contributed by atoms with Crippen molar-refractivity contribution < 1.29 is 9.47 Å². The van der Waals surface area contributed by atoms with Gasteiger partial charge in [0.1, 0.15) is 11.5 Å². The van der Waals surface area contributed by atoms with Crippen LogP contribution in [0, 0.1) is 0 Å². The van der Waals surface area contributed by atoms with E-state index in [1.807, 2.05) is 18.2 Å². The third-order valence-electron chi connectivity index (χ3n) is 3.19. The zero-order chi connectivity index (χ0) is 15.4. The van der Waals surface area contributed by atoms with Gasteiger partial charge in [-0.25, -0.2) is 0 Å². The smallest absolute Gasteiger partial charge is 0.127 e. The summed E-state index contributed by atoms with van der Waals surface area (Å²) in [5.74, 6) is 1.64. The lowest BCUT2D eigenvalue weighted by Gasteiger charge is -2.17. The minimum atomic E-state index is 0.186. The number of thiophene rings is 1. The van der Waals surface area contributed by atoms with Crippen molar-refractivity contribution in [1.82, 2.24) is 5.32 Å². The third kappa shape index (κ3) is 4.22. The summed E-state index contributed by atoms with van der Waals surface area (Å²) in [6.45, 7) is 2.94. The summed E-state index contributed by atoms with van der Waals surface area (Å²) >= 11 is 8.75. The van der Waals surface area contributed by atoms with E-state index in [4.69, 9.17) is 9.47 Å². The molecule has 21 heavy (non-hydrogen) atoms. The van der Waals surface area contributed by atoms with Gasteiger partial charge >= 0.3 is 0 Å². The van der Waals surface area contributed by atoms with Crippen molar-refractivity contribution in [3.63, 3.8) is 0 Å². The summed E-state index contributed by atoms with van der Waals surface area (Å²) < 4.78 is 12.9. The first-order valence-electron chi connectivity index (χ1n) is 6.44. The largest absolute Gasteiger partial charge is 0.497 e. The number of nitrogens with one attached hydrogen (secondary N) is 1. The summed E-state index contributed by atoms with van der Waals surface area (Å²) in [6.07, 6.45) is 0. The highest BCUT2D eigenvalue weighted by atomic mass is 79.9. The van der Waals surface area contributed by atoms with E-state index in [1.54, 1.807) is 25.6 Å². The predicted octanol–water partition coefficient (Wildman–Crippen LogP) is 5.14. The van der Waals surface area contributed by atoms with Gasteiger partial charge in [0.15, 0.2) is 0 Å². The van der Waals surface area contributed by atoms with Crippen molar-refractivity contribution in [2.45, 2.75) is 19.5 Å². The Morgan fingerprint density at radius 3 is 2.52 bits per heavy atom. The van der Waals surface area contributed by atoms with Crippen LogP contribution in [-0.2, 0) is 6.54 Å². The molecule has 0 spiro atoms. The van der Waals surface area contributed by atoms with Gasteiger partial charge in [-0.2, -0.15) is 0 Å². The fourth-order valence-electron chi connectivity index (χ4n) is 2.02. The van der Waals surface area contributed by atoms with Crippen LogP contribution in [0.2, 0.25) is 0 Å². The highest BCUT2D eigenvalue weighted by molar-refractivity contribution is 9.13. The molecule has 0 saturated heterocycles. The standard InChI is InChI=1S/C15H17Br2NO2S/c1-9(18-8-11-7-13(16)15(17)21-11)12-5-4-10(19-2)6-14(12)20-3/h4-7,9,18H,8H2,1-3H3. The summed E-state index contributed by atoms with van der Waals surface area (Å²) in [6, 6.07) is 8.21. The average molecular weight is 435 g/mol. The van der Waals surface area contributed by atoms with E-state index in [2.05, 4.69) is 50.2 Å². The van der Waals surface area contributed by atoms with Crippen molar-refractivity contribution >= 4 is 43.2 Å². The maximum atomic E-state index is 5.45. The van der Waals surface area contributed by atoms with E-state index in [1.165, 1.54) is 4.88 Å². The lowest BCUT2D eigenvalue weighted by Crippen LogP contribution is -2.18. The zero-order valence-corrected chi connectivity index (χ0v) is 16.1. The summed E-state index contributed by atoms with van der Waals surface area (Å²) in [5, 5.41) is 3.52. The van der Waals surface area contributed by atoms with Crippen LogP contribution in [0.3, 0.4) is 0 Å². The molecule has 1 unspecified atom stereocenters. The minimum Gasteiger partial charge on any atom is -0.497 e. The average Bonchev–Trinajstić information content (AvgIpc) is 2.82. The van der Waals surface area contributed by atoms with Gasteiger partial charge in [0.2, 0.25) is 0 Å². The van der Waals surface area contributed by atoms with Crippen LogP contribution in [0.1, 0.15) is 23.4 Å². The number of halogens is 2. The Balaban J connectivity index is 2.07. The Kier molecular flexibility index (Phi) is 6.10. The van der Waals surface area contributed by atoms with Crippen LogP contribution in [0.5, 0.6) is 11.5 Å². The summed E-state index contributed by atoms with van der Waals surface area (Å²) in [7, 11) is 3.33. The fourth-order valence-corrected chi connectivity index (χ4v) is 4.15. The maximum absolute atomic E-state index is 5.45. The Hall–Kier alpha value is -0.560. The normalized spacial score (nSPS) is 12.2. The van der Waals surface area contributed by atoms with Crippen LogP contribution in [0.4, 0.5) is 0 Å². The van der Waals surface area contributed by atoms with E-state index >= 15 is 0 Å². The number of ether oxygens (including phenoxy) is 2. The van der Waals surface area contributed by atoms with Gasteiger partial charge in [-0.3, -0.25) is 0 Å². The van der Waals surface area contributed by atoms with Crippen LogP contribution in [0.15, 0.2) is 32.5 Å². The van der Waals surface area contributed by atoms with Crippen molar-refractivity contribution in [3.05, 3.63) is 43.0 Å². The number of methoxy groups -OCH3 is 2. The SMILES string of the molecule is COc1ccc(C(C)NCc2cc(Br)c(Br)s2)c(OC)c1. The van der Waals surface area contributed by atoms with E-state index < -0.39 is 0 Å². The molecule has 6 heteroatoms. The molecule has 0 aliphatic heterocycles. The number of rotatable bonds is 6. The van der Waals surface area contributed by atoms with Crippen molar-refractivity contribution in [3.8, 4) is 11.5 Å². The van der Waals surface area contributed by atoms with Crippen LogP contribution in [0.25, 0.3) is 0 Å². The van der Waals surface area contributed by atoms with Crippen LogP contribution >= 0.6 is 43.2 Å². The Morgan fingerprint density at radius 1 is 1.19 bits per heavy atom. The summed E-state index contributed by atoms with van der Waals surface area (Å²) in [5.41, 5.74) is 1.12. The molecule has 0 fully saturated rings. The van der Waals surface area contributed by atoms with Crippen molar-refractivity contribution in [2.24, 2.45) is 0 Å². The molecule has 114 valence electrons. The second-order valence-corrected chi connectivity index (χ2v) is 7.85. The molecule has 0 bridgehead atoms. The molecule has 0 saturated carbocycles. The molecule has 1 N–H and O–H groups in total. The van der Waals surface area contributed by atoms with Crippen molar-refractivity contribution in [1.29, 1.82) is 0 Å². The molecular formula is C15H17Br2NO2S. The van der Waals surface area contributed by atoms with Gasteiger partial charge in [0, 0.05) is 33.6 Å². The van der Waals surface area contributed by atoms with Gasteiger partial charge in [-0.1, -0.05) is 6.07 Å². The Morgan fingerprint density at radius 2 is 1.95 bits per heavy atom. The fraction of sp³-hybridized carbons (Fsp3) is 0.333. The van der Waals surface area contributed by atoms with E-state index in [0.29, 0.717) is 0 Å². The summed E-state index contributed by atoms with van der Waals surface area (Å²) in [4.78, 5) is 1.27. The maximum Gasteiger partial charge on any atom is 0.127 e. The molecule has 0 aliphatic carbocycles. The first-order valence-corrected chi connectivity index (χ1v) is 8.84. The second-order valence-electron chi connectivity index (χ2n) is 4.54. The van der Waals surface area contributed by atoms with E-state index in [0.717, 1.165) is 31.9 Å². The van der Waals surface area contributed by atoms with Crippen molar-refractivity contribution in [2.75, 3.05) is 14.2 Å². The Labute approximate surface area is 145 Å². The van der Waals surface area contributed by atoms with Gasteiger partial charge in [-0.15, -0.1) is 11.3 Å². The molecule has 0 amide bonds. The molecule has 1 heterocycles. The molecule has 0 radical (unpaired) electrons. The number of hydrogen-bond donors (Lipinski definition) is 1. The monoisotopic (exact) mass is 433 g/mol.